The highest BCUT2D eigenvalue weighted by Crippen LogP contribution is 2.29. The predicted octanol–water partition coefficient (Wildman–Crippen LogP) is 3.35. The molecule has 0 aliphatic heterocycles. The minimum atomic E-state index is 0.584. The second kappa shape index (κ2) is 5.83. The van der Waals surface area contributed by atoms with Crippen molar-refractivity contribution in [3.05, 3.63) is 18.1 Å². The van der Waals surface area contributed by atoms with Crippen LogP contribution in [0, 0.1) is 0 Å². The molecule has 0 spiro atoms. The molecule has 0 radical (unpaired) electrons. The SMILES string of the molecule is CCNc1ccnc(C2CCCCCC2)n1. The van der Waals surface area contributed by atoms with Crippen LogP contribution >= 0.6 is 0 Å². The van der Waals surface area contributed by atoms with Gasteiger partial charge in [-0.3, -0.25) is 0 Å². The number of hydrogen-bond donors (Lipinski definition) is 1. The Balaban J connectivity index is 2.08. The highest BCUT2D eigenvalue weighted by atomic mass is 15.0. The molecule has 88 valence electrons. The monoisotopic (exact) mass is 219 g/mol. The number of hydrogen-bond acceptors (Lipinski definition) is 3. The molecule has 1 N–H and O–H groups in total. The maximum atomic E-state index is 4.61. The van der Waals surface area contributed by atoms with E-state index in [9.17, 15) is 0 Å². The first-order valence-electron chi connectivity index (χ1n) is 6.47. The lowest BCUT2D eigenvalue weighted by molar-refractivity contribution is 0.561. The largest absolute Gasteiger partial charge is 0.370 e. The highest BCUT2D eigenvalue weighted by Gasteiger charge is 2.16. The fraction of sp³-hybridized carbons (Fsp3) is 0.692. The van der Waals surface area contributed by atoms with Gasteiger partial charge in [-0.1, -0.05) is 25.7 Å². The summed E-state index contributed by atoms with van der Waals surface area (Å²) < 4.78 is 0. The topological polar surface area (TPSA) is 37.8 Å². The Morgan fingerprint density at radius 3 is 2.69 bits per heavy atom. The van der Waals surface area contributed by atoms with Crippen molar-refractivity contribution in [3.8, 4) is 0 Å². The van der Waals surface area contributed by atoms with E-state index < -0.39 is 0 Å². The molecule has 1 aliphatic rings. The average molecular weight is 219 g/mol. The summed E-state index contributed by atoms with van der Waals surface area (Å²) >= 11 is 0. The molecule has 0 amide bonds. The third-order valence-electron chi connectivity index (χ3n) is 3.25. The van der Waals surface area contributed by atoms with Gasteiger partial charge in [0.05, 0.1) is 0 Å². The number of aromatic nitrogens is 2. The molecule has 0 bridgehead atoms. The van der Waals surface area contributed by atoms with Crippen molar-refractivity contribution in [2.75, 3.05) is 11.9 Å². The van der Waals surface area contributed by atoms with Gasteiger partial charge in [0.25, 0.3) is 0 Å². The molecule has 1 aliphatic carbocycles. The van der Waals surface area contributed by atoms with E-state index in [1.54, 1.807) is 0 Å². The van der Waals surface area contributed by atoms with Crippen molar-refractivity contribution in [1.29, 1.82) is 0 Å². The van der Waals surface area contributed by atoms with Crippen LogP contribution in [0.5, 0.6) is 0 Å². The third kappa shape index (κ3) is 2.94. The first-order chi connectivity index (χ1) is 7.90. The standard InChI is InChI=1S/C13H21N3/c1-2-14-12-9-10-15-13(16-12)11-7-5-3-4-6-8-11/h9-11H,2-8H2,1H3,(H,14,15,16). The van der Waals surface area contributed by atoms with Crippen LogP contribution in [0.25, 0.3) is 0 Å². The second-order valence-electron chi connectivity index (χ2n) is 4.52. The predicted molar refractivity (Wildman–Crippen MR) is 66.6 cm³/mol. The van der Waals surface area contributed by atoms with E-state index in [0.29, 0.717) is 5.92 Å². The van der Waals surface area contributed by atoms with Gasteiger partial charge in [-0.2, -0.15) is 0 Å². The second-order valence-corrected chi connectivity index (χ2v) is 4.52. The molecular weight excluding hydrogens is 198 g/mol. The molecule has 0 aromatic carbocycles. The number of rotatable bonds is 3. The summed E-state index contributed by atoms with van der Waals surface area (Å²) in [5.41, 5.74) is 0. The molecule has 3 nitrogen and oxygen atoms in total. The van der Waals surface area contributed by atoms with Crippen LogP contribution in [-0.2, 0) is 0 Å². The van der Waals surface area contributed by atoms with Crippen LogP contribution in [0.1, 0.15) is 57.2 Å². The third-order valence-corrected chi connectivity index (χ3v) is 3.25. The van der Waals surface area contributed by atoms with E-state index >= 15 is 0 Å². The molecule has 1 heterocycles. The summed E-state index contributed by atoms with van der Waals surface area (Å²) in [4.78, 5) is 9.04. The Hall–Kier alpha value is -1.12. The highest BCUT2D eigenvalue weighted by molar-refractivity contribution is 5.32. The summed E-state index contributed by atoms with van der Waals surface area (Å²) in [6, 6.07) is 1.95. The van der Waals surface area contributed by atoms with Gasteiger partial charge in [0.1, 0.15) is 11.6 Å². The van der Waals surface area contributed by atoms with Crippen molar-refractivity contribution in [2.45, 2.75) is 51.4 Å². The van der Waals surface area contributed by atoms with Gasteiger partial charge in [0.2, 0.25) is 0 Å². The maximum Gasteiger partial charge on any atom is 0.133 e. The summed E-state index contributed by atoms with van der Waals surface area (Å²) in [7, 11) is 0. The number of anilines is 1. The number of nitrogens with zero attached hydrogens (tertiary/aromatic N) is 2. The normalized spacial score (nSPS) is 18.1. The minimum absolute atomic E-state index is 0.584. The molecule has 0 saturated heterocycles. The molecule has 1 aromatic heterocycles. The summed E-state index contributed by atoms with van der Waals surface area (Å²) in [5, 5.41) is 3.25. The van der Waals surface area contributed by atoms with E-state index in [1.807, 2.05) is 12.3 Å². The zero-order valence-electron chi connectivity index (χ0n) is 10.1. The van der Waals surface area contributed by atoms with Crippen LogP contribution in [0.2, 0.25) is 0 Å². The Kier molecular flexibility index (Phi) is 4.14. The van der Waals surface area contributed by atoms with Gasteiger partial charge in [0, 0.05) is 18.7 Å². The fourth-order valence-electron chi connectivity index (χ4n) is 2.39. The Morgan fingerprint density at radius 1 is 1.25 bits per heavy atom. The summed E-state index contributed by atoms with van der Waals surface area (Å²) in [6.45, 7) is 3.01. The van der Waals surface area contributed by atoms with Crippen LogP contribution in [0.3, 0.4) is 0 Å². The first-order valence-corrected chi connectivity index (χ1v) is 6.47. The average Bonchev–Trinajstić information content (AvgIpc) is 2.58. The van der Waals surface area contributed by atoms with Gasteiger partial charge in [0.15, 0.2) is 0 Å². The summed E-state index contributed by atoms with van der Waals surface area (Å²) in [6.07, 6.45) is 9.82. The number of nitrogens with one attached hydrogen (secondary N) is 1. The van der Waals surface area contributed by atoms with Crippen molar-refractivity contribution in [2.24, 2.45) is 0 Å². The Bertz CT molecular complexity index is 317. The van der Waals surface area contributed by atoms with E-state index in [4.69, 9.17) is 0 Å². The zero-order valence-corrected chi connectivity index (χ0v) is 10.1. The van der Waals surface area contributed by atoms with Crippen molar-refractivity contribution in [3.63, 3.8) is 0 Å². The van der Waals surface area contributed by atoms with Gasteiger partial charge in [-0.15, -0.1) is 0 Å². The van der Waals surface area contributed by atoms with Crippen LogP contribution in [-0.4, -0.2) is 16.5 Å². The molecule has 2 rings (SSSR count). The van der Waals surface area contributed by atoms with E-state index in [-0.39, 0.29) is 0 Å². The van der Waals surface area contributed by atoms with E-state index in [0.717, 1.165) is 18.2 Å². The lowest BCUT2D eigenvalue weighted by Crippen LogP contribution is -2.07. The molecule has 16 heavy (non-hydrogen) atoms. The van der Waals surface area contributed by atoms with Crippen LogP contribution in [0.15, 0.2) is 12.3 Å². The van der Waals surface area contributed by atoms with Crippen molar-refractivity contribution < 1.29 is 0 Å². The molecular formula is C13H21N3. The first kappa shape index (κ1) is 11.4. The lowest BCUT2D eigenvalue weighted by atomic mass is 9.99. The lowest BCUT2D eigenvalue weighted by Gasteiger charge is -2.13. The van der Waals surface area contributed by atoms with Crippen LogP contribution < -0.4 is 5.32 Å². The smallest absolute Gasteiger partial charge is 0.133 e. The van der Waals surface area contributed by atoms with Crippen molar-refractivity contribution >= 4 is 5.82 Å². The Morgan fingerprint density at radius 2 is 2.00 bits per heavy atom. The zero-order chi connectivity index (χ0) is 11.2. The molecule has 0 atom stereocenters. The molecule has 1 fully saturated rings. The summed E-state index contributed by atoms with van der Waals surface area (Å²) in [5.74, 6) is 2.60. The van der Waals surface area contributed by atoms with Gasteiger partial charge < -0.3 is 5.32 Å². The molecule has 3 heteroatoms. The minimum Gasteiger partial charge on any atom is -0.370 e. The maximum absolute atomic E-state index is 4.61. The quantitative estimate of drug-likeness (QED) is 0.792. The fourth-order valence-corrected chi connectivity index (χ4v) is 2.39. The molecule has 0 unspecified atom stereocenters. The van der Waals surface area contributed by atoms with E-state index in [1.165, 1.54) is 38.5 Å². The van der Waals surface area contributed by atoms with Gasteiger partial charge in [-0.25, -0.2) is 9.97 Å². The van der Waals surface area contributed by atoms with Crippen LogP contribution in [0.4, 0.5) is 5.82 Å². The molecule has 1 aromatic rings. The Labute approximate surface area is 97.7 Å². The molecule has 1 saturated carbocycles. The van der Waals surface area contributed by atoms with Gasteiger partial charge in [-0.05, 0) is 25.8 Å². The van der Waals surface area contributed by atoms with Crippen molar-refractivity contribution in [1.82, 2.24) is 9.97 Å². The van der Waals surface area contributed by atoms with Gasteiger partial charge >= 0.3 is 0 Å². The van der Waals surface area contributed by atoms with E-state index in [2.05, 4.69) is 22.2 Å².